The maximum absolute atomic E-state index is 14.8. The zero-order chi connectivity index (χ0) is 20.3. The number of rotatable bonds is 1. The van der Waals surface area contributed by atoms with Crippen LogP contribution in [0, 0.1) is 5.41 Å². The molecule has 1 aromatic rings. The smallest absolute Gasteiger partial charge is 0.283 e. The molecule has 0 amide bonds. The SMILES string of the molecule is CC1(C)Oc2ccc(C3=C(F)/C=C/C=C/C=C\3)cc2C2(COC(N)=N2)C12COC2. The number of fused-ring (bicyclic) bond motifs is 3. The maximum Gasteiger partial charge on any atom is 0.283 e. The Morgan fingerprint density at radius 3 is 2.45 bits per heavy atom. The van der Waals surface area contributed by atoms with E-state index in [1.54, 1.807) is 18.2 Å². The van der Waals surface area contributed by atoms with Crippen LogP contribution in [0.4, 0.5) is 4.39 Å². The van der Waals surface area contributed by atoms with E-state index in [1.165, 1.54) is 6.08 Å². The summed E-state index contributed by atoms with van der Waals surface area (Å²) in [5.74, 6) is 0.411. The van der Waals surface area contributed by atoms with Crippen molar-refractivity contribution in [1.29, 1.82) is 0 Å². The van der Waals surface area contributed by atoms with Crippen molar-refractivity contribution in [3.63, 3.8) is 0 Å². The molecule has 1 unspecified atom stereocenters. The van der Waals surface area contributed by atoms with Gasteiger partial charge in [-0.1, -0.05) is 36.4 Å². The van der Waals surface area contributed by atoms with Gasteiger partial charge in [0.05, 0.1) is 18.6 Å². The molecule has 0 radical (unpaired) electrons. The van der Waals surface area contributed by atoms with Gasteiger partial charge in [0.15, 0.2) is 0 Å². The quantitative estimate of drug-likeness (QED) is 0.787. The Hall–Kier alpha value is -2.86. The molecule has 4 aliphatic rings. The molecule has 1 aromatic carbocycles. The third-order valence-electron chi connectivity index (χ3n) is 6.57. The van der Waals surface area contributed by atoms with E-state index < -0.39 is 16.6 Å². The third kappa shape index (κ3) is 2.38. The van der Waals surface area contributed by atoms with Crippen LogP contribution >= 0.6 is 0 Å². The highest BCUT2D eigenvalue weighted by atomic mass is 19.1. The van der Waals surface area contributed by atoms with E-state index >= 15 is 0 Å². The average molecular weight is 394 g/mol. The highest BCUT2D eigenvalue weighted by Gasteiger charge is 2.71. The Labute approximate surface area is 169 Å². The summed E-state index contributed by atoms with van der Waals surface area (Å²) < 4.78 is 32.5. The van der Waals surface area contributed by atoms with Crippen LogP contribution < -0.4 is 10.5 Å². The molecule has 2 spiro atoms. The number of halogens is 1. The Bertz CT molecular complexity index is 1030. The van der Waals surface area contributed by atoms with Gasteiger partial charge < -0.3 is 19.9 Å². The lowest BCUT2D eigenvalue weighted by Crippen LogP contribution is -2.71. The fraction of sp³-hybridized carbons (Fsp3) is 0.348. The minimum atomic E-state index is -0.736. The minimum Gasteiger partial charge on any atom is -0.487 e. The summed E-state index contributed by atoms with van der Waals surface area (Å²) in [6.07, 6.45) is 10.4. The molecule has 1 atom stereocenters. The van der Waals surface area contributed by atoms with Crippen molar-refractivity contribution >= 4 is 11.6 Å². The highest BCUT2D eigenvalue weighted by Crippen LogP contribution is 2.62. The number of amidine groups is 1. The molecule has 0 bridgehead atoms. The van der Waals surface area contributed by atoms with Crippen LogP contribution in [0.2, 0.25) is 0 Å². The summed E-state index contributed by atoms with van der Waals surface area (Å²) in [5.41, 5.74) is 6.39. The van der Waals surface area contributed by atoms with Crippen molar-refractivity contribution in [2.24, 2.45) is 16.1 Å². The first-order valence-corrected chi connectivity index (χ1v) is 9.70. The monoisotopic (exact) mass is 394 g/mol. The van der Waals surface area contributed by atoms with Gasteiger partial charge in [-0.3, -0.25) is 0 Å². The molecular weight excluding hydrogens is 371 g/mol. The third-order valence-corrected chi connectivity index (χ3v) is 6.57. The fourth-order valence-corrected chi connectivity index (χ4v) is 4.77. The summed E-state index contributed by atoms with van der Waals surface area (Å²) in [6, 6.07) is 5.87. The normalized spacial score (nSPS) is 34.1. The van der Waals surface area contributed by atoms with Gasteiger partial charge >= 0.3 is 0 Å². The number of aliphatic imine (C=N–C) groups is 1. The molecule has 6 heteroatoms. The number of allylic oxidation sites excluding steroid dienone is 8. The molecule has 3 heterocycles. The molecule has 1 saturated heterocycles. The zero-order valence-electron chi connectivity index (χ0n) is 16.4. The van der Waals surface area contributed by atoms with Crippen LogP contribution in [-0.4, -0.2) is 31.4 Å². The van der Waals surface area contributed by atoms with Crippen LogP contribution in [0.1, 0.15) is 25.0 Å². The van der Waals surface area contributed by atoms with Crippen LogP contribution in [0.15, 0.2) is 65.5 Å². The van der Waals surface area contributed by atoms with Crippen molar-refractivity contribution in [3.05, 3.63) is 71.6 Å². The molecule has 150 valence electrons. The number of nitrogens with zero attached hydrogens (tertiary/aromatic N) is 1. The van der Waals surface area contributed by atoms with E-state index in [9.17, 15) is 4.39 Å². The molecule has 0 aromatic heterocycles. The Balaban J connectivity index is 1.72. The first-order valence-electron chi connectivity index (χ1n) is 9.70. The molecular formula is C23H23FN2O3. The Morgan fingerprint density at radius 1 is 1.03 bits per heavy atom. The standard InChI is InChI=1S/C23H23FN2O3/c1-21(2)22(12-27-13-22)23(14-28-20(25)26-23)17-11-15(9-10-19(17)29-21)16-7-5-3-4-6-8-18(16)24/h3-11H,12-14H2,1-2H3,(H2,25,26)/b4-3+,5-3?,6-4?,7-5-,8-6+,16-7?,18-8?,18-16-. The average Bonchev–Trinajstić information content (AvgIpc) is 2.99. The van der Waals surface area contributed by atoms with Crippen molar-refractivity contribution in [2.45, 2.75) is 25.0 Å². The molecule has 29 heavy (non-hydrogen) atoms. The van der Waals surface area contributed by atoms with E-state index in [0.29, 0.717) is 31.1 Å². The number of benzene rings is 1. The molecule has 5 nitrogen and oxygen atoms in total. The first kappa shape index (κ1) is 18.2. The van der Waals surface area contributed by atoms with Crippen molar-refractivity contribution in [2.75, 3.05) is 19.8 Å². The Kier molecular flexibility index (Phi) is 3.80. The molecule has 2 N–H and O–H groups in total. The van der Waals surface area contributed by atoms with Gasteiger partial charge in [-0.25, -0.2) is 9.38 Å². The number of ether oxygens (including phenoxy) is 3. The molecule has 1 aliphatic carbocycles. The molecule has 0 saturated carbocycles. The van der Waals surface area contributed by atoms with Gasteiger partial charge in [0, 0.05) is 11.1 Å². The van der Waals surface area contributed by atoms with E-state index in [-0.39, 0.29) is 11.8 Å². The van der Waals surface area contributed by atoms with Gasteiger partial charge in [0.2, 0.25) is 0 Å². The fourth-order valence-electron chi connectivity index (χ4n) is 4.77. The van der Waals surface area contributed by atoms with Crippen LogP contribution in [0.25, 0.3) is 5.57 Å². The lowest BCUT2D eigenvalue weighted by molar-refractivity contribution is -0.247. The van der Waals surface area contributed by atoms with Gasteiger partial charge in [-0.05, 0) is 37.6 Å². The predicted octanol–water partition coefficient (Wildman–Crippen LogP) is 3.78. The molecule has 5 rings (SSSR count). The van der Waals surface area contributed by atoms with Gasteiger partial charge in [-0.15, -0.1) is 0 Å². The molecule has 3 aliphatic heterocycles. The summed E-state index contributed by atoms with van der Waals surface area (Å²) in [6.45, 7) is 5.40. The van der Waals surface area contributed by atoms with Crippen molar-refractivity contribution in [1.82, 2.24) is 0 Å². The second kappa shape index (κ2) is 6.07. The van der Waals surface area contributed by atoms with E-state index in [2.05, 4.69) is 13.8 Å². The predicted molar refractivity (Wildman–Crippen MR) is 109 cm³/mol. The summed E-state index contributed by atoms with van der Waals surface area (Å²) in [4.78, 5) is 4.79. The topological polar surface area (TPSA) is 66.1 Å². The number of nitrogens with two attached hydrogens (primary N) is 1. The van der Waals surface area contributed by atoms with E-state index in [0.717, 1.165) is 11.1 Å². The number of hydrogen-bond donors (Lipinski definition) is 1. The maximum atomic E-state index is 14.8. The van der Waals surface area contributed by atoms with E-state index in [4.69, 9.17) is 24.9 Å². The Morgan fingerprint density at radius 2 is 1.79 bits per heavy atom. The van der Waals surface area contributed by atoms with E-state index in [1.807, 2.05) is 30.4 Å². The lowest BCUT2D eigenvalue weighted by Gasteiger charge is -2.61. The summed E-state index contributed by atoms with van der Waals surface area (Å²) >= 11 is 0. The summed E-state index contributed by atoms with van der Waals surface area (Å²) in [5, 5.41) is 0. The van der Waals surface area contributed by atoms with Crippen molar-refractivity contribution < 1.29 is 18.6 Å². The van der Waals surface area contributed by atoms with Crippen molar-refractivity contribution in [3.8, 4) is 5.75 Å². The van der Waals surface area contributed by atoms with Gasteiger partial charge in [-0.2, -0.15) is 0 Å². The van der Waals surface area contributed by atoms with Gasteiger partial charge in [0.1, 0.15) is 29.3 Å². The zero-order valence-corrected chi connectivity index (χ0v) is 16.4. The largest absolute Gasteiger partial charge is 0.487 e. The molecule has 1 fully saturated rings. The first-order chi connectivity index (χ1) is 13.9. The minimum absolute atomic E-state index is 0.162. The second-order valence-electron chi connectivity index (χ2n) is 8.36. The lowest BCUT2D eigenvalue weighted by atomic mass is 9.55. The second-order valence-corrected chi connectivity index (χ2v) is 8.36. The number of hydrogen-bond acceptors (Lipinski definition) is 5. The summed E-state index contributed by atoms with van der Waals surface area (Å²) in [7, 11) is 0. The van der Waals surface area contributed by atoms with Crippen LogP contribution in [-0.2, 0) is 15.0 Å². The highest BCUT2D eigenvalue weighted by molar-refractivity contribution is 5.80. The van der Waals surface area contributed by atoms with Crippen LogP contribution in [0.3, 0.4) is 0 Å². The van der Waals surface area contributed by atoms with Crippen LogP contribution in [0.5, 0.6) is 5.75 Å². The van der Waals surface area contributed by atoms with Gasteiger partial charge in [0.25, 0.3) is 6.02 Å².